The van der Waals surface area contributed by atoms with Crippen LogP contribution in [0.25, 0.3) is 11.3 Å². The highest BCUT2D eigenvalue weighted by Gasteiger charge is 2.19. The molecule has 0 radical (unpaired) electrons. The molecule has 124 valence electrons. The first-order valence-electron chi connectivity index (χ1n) is 7.22. The molecule has 1 aromatic carbocycles. The zero-order chi connectivity index (χ0) is 17.8. The summed E-state index contributed by atoms with van der Waals surface area (Å²) in [6.07, 6.45) is 4.75. The van der Waals surface area contributed by atoms with Crippen LogP contribution in [-0.4, -0.2) is 19.9 Å². The zero-order valence-corrected chi connectivity index (χ0v) is 13.1. The fourth-order valence-electron chi connectivity index (χ4n) is 2.25. The predicted octanol–water partition coefficient (Wildman–Crippen LogP) is 3.57. The number of nitro groups is 1. The summed E-state index contributed by atoms with van der Waals surface area (Å²) < 4.78 is 0. The van der Waals surface area contributed by atoms with Crippen LogP contribution in [0.4, 0.5) is 17.3 Å². The summed E-state index contributed by atoms with van der Waals surface area (Å²) in [6, 6.07) is 9.40. The summed E-state index contributed by atoms with van der Waals surface area (Å²) in [5, 5.41) is 14.9. The van der Waals surface area contributed by atoms with Crippen molar-refractivity contribution in [3.05, 3.63) is 75.6 Å². The Kier molecular flexibility index (Phi) is 4.38. The van der Waals surface area contributed by atoms with Gasteiger partial charge in [-0.3, -0.25) is 15.1 Å². The minimum Gasteiger partial charge on any atom is -0.264 e. The number of hydrogen-bond donors (Lipinski definition) is 0. The number of nitroso groups, excluding NO2 is 1. The smallest absolute Gasteiger partial charge is 0.264 e. The Morgan fingerprint density at radius 2 is 2.04 bits per heavy atom. The first-order chi connectivity index (χ1) is 12.1. The number of nitro benzene ring substituents is 1. The van der Waals surface area contributed by atoms with E-state index in [1.54, 1.807) is 31.5 Å². The lowest BCUT2D eigenvalue weighted by molar-refractivity contribution is -0.384. The van der Waals surface area contributed by atoms with Crippen LogP contribution in [0.1, 0.15) is 5.56 Å². The molecule has 2 aromatic heterocycles. The van der Waals surface area contributed by atoms with Crippen molar-refractivity contribution in [2.24, 2.45) is 5.29 Å². The summed E-state index contributed by atoms with van der Waals surface area (Å²) in [5.74, 6) is 0.0138. The van der Waals surface area contributed by atoms with Gasteiger partial charge in [0.1, 0.15) is 0 Å². The molecule has 0 bridgehead atoms. The fraction of sp³-hybridized carbons (Fsp3) is 0.0625. The standard InChI is InChI=1S/C16H12N6O3/c1-11-4-5-13(22(24)25)9-15(11)21(20-23)16-18-8-6-14(19-16)12-3-2-7-17-10-12/h2-10H,1H3. The number of benzene rings is 1. The Morgan fingerprint density at radius 3 is 2.72 bits per heavy atom. The van der Waals surface area contributed by atoms with Gasteiger partial charge in [-0.15, -0.1) is 4.91 Å². The summed E-state index contributed by atoms with van der Waals surface area (Å²) in [4.78, 5) is 34.3. The average molecular weight is 336 g/mol. The van der Waals surface area contributed by atoms with E-state index in [1.807, 2.05) is 6.07 Å². The minimum absolute atomic E-state index is 0.0138. The summed E-state index contributed by atoms with van der Waals surface area (Å²) >= 11 is 0. The zero-order valence-electron chi connectivity index (χ0n) is 13.1. The van der Waals surface area contributed by atoms with E-state index in [9.17, 15) is 15.0 Å². The molecule has 0 atom stereocenters. The van der Waals surface area contributed by atoms with Crippen LogP contribution in [0, 0.1) is 21.9 Å². The topological polar surface area (TPSA) is 114 Å². The maximum Gasteiger partial charge on any atom is 0.271 e. The third-order valence-electron chi connectivity index (χ3n) is 3.50. The number of pyridine rings is 1. The average Bonchev–Trinajstić information content (AvgIpc) is 2.64. The molecular weight excluding hydrogens is 324 g/mol. The monoisotopic (exact) mass is 336 g/mol. The SMILES string of the molecule is Cc1ccc([N+](=O)[O-])cc1N(N=O)c1nccc(-c2cccnc2)n1. The third kappa shape index (κ3) is 3.29. The minimum atomic E-state index is -0.543. The van der Waals surface area contributed by atoms with Gasteiger partial charge in [0, 0.05) is 36.3 Å². The molecule has 0 saturated carbocycles. The largest absolute Gasteiger partial charge is 0.271 e. The Morgan fingerprint density at radius 1 is 1.20 bits per heavy atom. The number of rotatable bonds is 5. The molecule has 9 nitrogen and oxygen atoms in total. The molecule has 0 fully saturated rings. The van der Waals surface area contributed by atoms with Gasteiger partial charge >= 0.3 is 0 Å². The van der Waals surface area contributed by atoms with Gasteiger partial charge in [-0.2, -0.15) is 5.01 Å². The fourth-order valence-corrected chi connectivity index (χ4v) is 2.25. The second-order valence-electron chi connectivity index (χ2n) is 5.10. The van der Waals surface area contributed by atoms with Crippen LogP contribution in [0.15, 0.2) is 60.3 Å². The van der Waals surface area contributed by atoms with E-state index < -0.39 is 4.92 Å². The van der Waals surface area contributed by atoms with Crippen LogP contribution < -0.4 is 5.01 Å². The Hall–Kier alpha value is -3.75. The molecule has 0 saturated heterocycles. The second kappa shape index (κ2) is 6.79. The molecule has 3 rings (SSSR count). The Labute approximate surface area is 142 Å². The van der Waals surface area contributed by atoms with Crippen LogP contribution >= 0.6 is 0 Å². The molecule has 0 N–H and O–H groups in total. The number of nitrogens with zero attached hydrogens (tertiary/aromatic N) is 6. The van der Waals surface area contributed by atoms with Crippen molar-refractivity contribution < 1.29 is 4.92 Å². The molecule has 2 heterocycles. The van der Waals surface area contributed by atoms with Crippen molar-refractivity contribution in [2.45, 2.75) is 6.92 Å². The van der Waals surface area contributed by atoms with Crippen molar-refractivity contribution in [2.75, 3.05) is 5.01 Å². The Bertz CT molecular complexity index is 932. The first-order valence-corrected chi connectivity index (χ1v) is 7.22. The normalized spacial score (nSPS) is 10.3. The molecule has 0 aliphatic rings. The van der Waals surface area contributed by atoms with E-state index in [2.05, 4.69) is 20.2 Å². The van der Waals surface area contributed by atoms with Gasteiger partial charge in [0.2, 0.25) is 0 Å². The van der Waals surface area contributed by atoms with Gasteiger partial charge in [0.15, 0.2) is 0 Å². The lowest BCUT2D eigenvalue weighted by atomic mass is 10.1. The van der Waals surface area contributed by atoms with Crippen LogP contribution in [0.2, 0.25) is 0 Å². The molecule has 3 aromatic rings. The summed E-state index contributed by atoms with van der Waals surface area (Å²) in [7, 11) is 0. The van der Waals surface area contributed by atoms with Crippen LogP contribution in [-0.2, 0) is 0 Å². The summed E-state index contributed by atoms with van der Waals surface area (Å²) in [6.45, 7) is 1.71. The molecule has 0 amide bonds. The van der Waals surface area contributed by atoms with Crippen LogP contribution in [0.5, 0.6) is 0 Å². The van der Waals surface area contributed by atoms with Gasteiger partial charge in [0.05, 0.1) is 21.6 Å². The van der Waals surface area contributed by atoms with Crippen molar-refractivity contribution in [1.29, 1.82) is 0 Å². The molecule has 0 spiro atoms. The second-order valence-corrected chi connectivity index (χ2v) is 5.10. The lowest BCUT2D eigenvalue weighted by Gasteiger charge is -2.15. The van der Waals surface area contributed by atoms with Gasteiger partial charge < -0.3 is 0 Å². The molecule has 0 aliphatic heterocycles. The van der Waals surface area contributed by atoms with Crippen LogP contribution in [0.3, 0.4) is 0 Å². The first kappa shape index (κ1) is 16.1. The van der Waals surface area contributed by atoms with E-state index in [4.69, 9.17) is 0 Å². The van der Waals surface area contributed by atoms with Gasteiger partial charge in [-0.1, -0.05) is 6.07 Å². The highest BCUT2D eigenvalue weighted by molar-refractivity contribution is 5.66. The molecular formula is C16H12N6O3. The van der Waals surface area contributed by atoms with Crippen molar-refractivity contribution in [3.63, 3.8) is 0 Å². The quantitative estimate of drug-likeness (QED) is 0.397. The van der Waals surface area contributed by atoms with Gasteiger partial charge in [-0.05, 0) is 30.7 Å². The lowest BCUT2D eigenvalue weighted by Crippen LogP contribution is -2.13. The van der Waals surface area contributed by atoms with E-state index in [-0.39, 0.29) is 17.3 Å². The van der Waals surface area contributed by atoms with Gasteiger partial charge in [0.25, 0.3) is 11.6 Å². The maximum absolute atomic E-state index is 11.4. The predicted molar refractivity (Wildman–Crippen MR) is 91.0 cm³/mol. The highest BCUT2D eigenvalue weighted by Crippen LogP contribution is 2.30. The van der Waals surface area contributed by atoms with E-state index in [0.717, 1.165) is 10.6 Å². The molecule has 0 unspecified atom stereocenters. The van der Waals surface area contributed by atoms with Crippen molar-refractivity contribution in [3.8, 4) is 11.3 Å². The number of aromatic nitrogens is 3. The number of hydrogen-bond acceptors (Lipinski definition) is 7. The molecule has 25 heavy (non-hydrogen) atoms. The van der Waals surface area contributed by atoms with Gasteiger partial charge in [-0.25, -0.2) is 9.97 Å². The van der Waals surface area contributed by atoms with E-state index >= 15 is 0 Å². The molecule has 9 heteroatoms. The van der Waals surface area contributed by atoms with E-state index in [0.29, 0.717) is 11.3 Å². The summed E-state index contributed by atoms with van der Waals surface area (Å²) in [5.41, 5.74) is 2.01. The molecule has 0 aliphatic carbocycles. The van der Waals surface area contributed by atoms with Crippen molar-refractivity contribution in [1.82, 2.24) is 15.0 Å². The third-order valence-corrected chi connectivity index (χ3v) is 3.50. The van der Waals surface area contributed by atoms with E-state index in [1.165, 1.54) is 24.4 Å². The number of non-ortho nitro benzene ring substituents is 1. The van der Waals surface area contributed by atoms with Crippen molar-refractivity contribution >= 4 is 17.3 Å². The number of aryl methyl sites for hydroxylation is 1. The number of anilines is 2. The highest BCUT2D eigenvalue weighted by atomic mass is 16.6. The Balaban J connectivity index is 2.07. The maximum atomic E-state index is 11.4.